The fourth-order valence-electron chi connectivity index (χ4n) is 0.463. The fraction of sp³-hybridized carbons (Fsp3) is 1.00. The summed E-state index contributed by atoms with van der Waals surface area (Å²) in [5.41, 5.74) is 0.245. The Kier molecular flexibility index (Phi) is 5.74. The van der Waals surface area contributed by atoms with Crippen LogP contribution < -0.4 is 0 Å². The molecule has 0 saturated heterocycles. The Labute approximate surface area is 72.2 Å². The molecule has 0 aliphatic rings. The van der Waals surface area contributed by atoms with Crippen LogP contribution in [0.2, 0.25) is 0 Å². The van der Waals surface area contributed by atoms with Gasteiger partial charge in [0, 0.05) is 11.0 Å². The number of halogens is 3. The molecule has 0 heterocycles. The monoisotopic (exact) mass is 206 g/mol. The van der Waals surface area contributed by atoms with Crippen LogP contribution in [0, 0.1) is 0 Å². The molecule has 4 heteroatoms. The van der Waals surface area contributed by atoms with E-state index in [9.17, 15) is 0 Å². The lowest BCUT2D eigenvalue weighted by Crippen LogP contribution is -2.10. The maximum absolute atomic E-state index is 5.86. The van der Waals surface area contributed by atoms with Crippen molar-refractivity contribution in [2.24, 2.45) is 0 Å². The molecule has 2 unspecified atom stereocenters. The second-order valence-electron chi connectivity index (χ2n) is 1.92. The standard InChI is InChI=1S/C5H10Cl3P/c1-3-5(6)4(2)9(7)8/h4-5H,3H2,1-2H3. The maximum atomic E-state index is 5.86. The molecular formula is C5H10Cl3P. The van der Waals surface area contributed by atoms with Crippen molar-refractivity contribution in [3.63, 3.8) is 0 Å². The second-order valence-corrected chi connectivity index (χ2v) is 6.52. The zero-order chi connectivity index (χ0) is 7.44. The van der Waals surface area contributed by atoms with Crippen molar-refractivity contribution < 1.29 is 0 Å². The van der Waals surface area contributed by atoms with Crippen molar-refractivity contribution >= 4 is 40.7 Å². The lowest BCUT2D eigenvalue weighted by Gasteiger charge is -2.15. The largest absolute Gasteiger partial charge is 0.122 e. The minimum absolute atomic E-state index is 0.131. The van der Waals surface area contributed by atoms with Gasteiger partial charge in [0.2, 0.25) is 0 Å². The van der Waals surface area contributed by atoms with E-state index in [1.165, 1.54) is 0 Å². The highest BCUT2D eigenvalue weighted by molar-refractivity contribution is 8.04. The van der Waals surface area contributed by atoms with Gasteiger partial charge in [0.1, 0.15) is 0 Å². The molecule has 56 valence electrons. The van der Waals surface area contributed by atoms with E-state index in [4.69, 9.17) is 34.1 Å². The molecule has 0 N–H and O–H groups in total. The van der Waals surface area contributed by atoms with Gasteiger partial charge >= 0.3 is 0 Å². The summed E-state index contributed by atoms with van der Waals surface area (Å²) >= 11 is 17.2. The van der Waals surface area contributed by atoms with Gasteiger partial charge in [0.05, 0.1) is 6.63 Å². The third-order valence-electron chi connectivity index (χ3n) is 1.22. The third-order valence-corrected chi connectivity index (χ3v) is 4.91. The van der Waals surface area contributed by atoms with Crippen LogP contribution in [0.1, 0.15) is 20.3 Å². The summed E-state index contributed by atoms with van der Waals surface area (Å²) < 4.78 is 0. The van der Waals surface area contributed by atoms with Gasteiger partial charge in [0.25, 0.3) is 0 Å². The van der Waals surface area contributed by atoms with Gasteiger partial charge in [-0.15, -0.1) is 11.6 Å². The Bertz CT molecular complexity index is 76.6. The number of hydrogen-bond acceptors (Lipinski definition) is 0. The molecule has 0 radical (unpaired) electrons. The van der Waals surface area contributed by atoms with Crippen LogP contribution >= 0.6 is 40.7 Å². The highest BCUT2D eigenvalue weighted by atomic mass is 35.9. The summed E-state index contributed by atoms with van der Waals surface area (Å²) in [6, 6.07) is 0. The SMILES string of the molecule is CCC(Cl)C(C)P(Cl)Cl. The highest BCUT2D eigenvalue weighted by Crippen LogP contribution is 2.53. The first kappa shape index (κ1) is 10.3. The summed E-state index contributed by atoms with van der Waals surface area (Å²) in [6.07, 6.45) is 0.932. The number of hydrogen-bond donors (Lipinski definition) is 0. The smallest absolute Gasteiger partial charge is 0.0898 e. The topological polar surface area (TPSA) is 0 Å². The minimum Gasteiger partial charge on any atom is -0.122 e. The van der Waals surface area contributed by atoms with E-state index in [0.29, 0.717) is 0 Å². The van der Waals surface area contributed by atoms with E-state index >= 15 is 0 Å². The number of rotatable bonds is 3. The quantitative estimate of drug-likeness (QED) is 0.481. The first-order chi connectivity index (χ1) is 4.09. The van der Waals surface area contributed by atoms with Crippen molar-refractivity contribution in [2.75, 3.05) is 0 Å². The maximum Gasteiger partial charge on any atom is 0.0898 e. The summed E-state index contributed by atoms with van der Waals surface area (Å²) in [5.74, 6) is 0. The van der Waals surface area contributed by atoms with Crippen LogP contribution in [-0.2, 0) is 0 Å². The van der Waals surface area contributed by atoms with Gasteiger partial charge in [-0.05, 0) is 6.42 Å². The third kappa shape index (κ3) is 3.88. The van der Waals surface area contributed by atoms with Crippen LogP contribution in [0.25, 0.3) is 0 Å². The number of alkyl halides is 1. The van der Waals surface area contributed by atoms with Crippen LogP contribution in [0.3, 0.4) is 0 Å². The van der Waals surface area contributed by atoms with E-state index in [1.54, 1.807) is 0 Å². The molecule has 2 atom stereocenters. The van der Waals surface area contributed by atoms with E-state index < -0.39 is 6.63 Å². The summed E-state index contributed by atoms with van der Waals surface area (Å²) in [7, 11) is 0. The van der Waals surface area contributed by atoms with E-state index in [1.807, 2.05) is 13.8 Å². The molecular weight excluding hydrogens is 197 g/mol. The molecule has 0 spiro atoms. The molecule has 0 aliphatic heterocycles. The van der Waals surface area contributed by atoms with E-state index in [2.05, 4.69) is 0 Å². The van der Waals surface area contributed by atoms with Gasteiger partial charge in [-0.3, -0.25) is 0 Å². The van der Waals surface area contributed by atoms with Crippen LogP contribution in [0.15, 0.2) is 0 Å². The molecule has 0 nitrogen and oxygen atoms in total. The Morgan fingerprint density at radius 2 is 1.89 bits per heavy atom. The predicted molar refractivity (Wildman–Crippen MR) is 48.0 cm³/mol. The van der Waals surface area contributed by atoms with E-state index in [0.717, 1.165) is 6.42 Å². The van der Waals surface area contributed by atoms with Gasteiger partial charge in [-0.2, -0.15) is 0 Å². The lowest BCUT2D eigenvalue weighted by atomic mass is 10.3. The Balaban J connectivity index is 3.58. The molecule has 0 saturated carbocycles. The molecule has 0 fully saturated rings. The molecule has 0 bridgehead atoms. The lowest BCUT2D eigenvalue weighted by molar-refractivity contribution is 0.795. The zero-order valence-electron chi connectivity index (χ0n) is 5.44. The first-order valence-electron chi connectivity index (χ1n) is 2.84. The molecule has 0 aromatic heterocycles. The van der Waals surface area contributed by atoms with Gasteiger partial charge in [-0.25, -0.2) is 0 Å². The van der Waals surface area contributed by atoms with E-state index in [-0.39, 0.29) is 11.0 Å². The predicted octanol–water partition coefficient (Wildman–Crippen LogP) is 4.18. The van der Waals surface area contributed by atoms with Gasteiger partial charge in [0.15, 0.2) is 0 Å². The molecule has 0 aromatic carbocycles. The fourth-order valence-corrected chi connectivity index (χ4v) is 2.42. The summed E-state index contributed by atoms with van der Waals surface area (Å²) in [4.78, 5) is 0. The summed E-state index contributed by atoms with van der Waals surface area (Å²) in [6.45, 7) is 3.11. The van der Waals surface area contributed by atoms with Crippen LogP contribution in [0.5, 0.6) is 0 Å². The minimum atomic E-state index is -0.894. The first-order valence-corrected chi connectivity index (χ1v) is 6.50. The molecule has 9 heavy (non-hydrogen) atoms. The van der Waals surface area contributed by atoms with Crippen molar-refractivity contribution in [1.29, 1.82) is 0 Å². The Hall–Kier alpha value is 1.30. The molecule has 0 aromatic rings. The van der Waals surface area contributed by atoms with Crippen molar-refractivity contribution in [1.82, 2.24) is 0 Å². The molecule has 0 rings (SSSR count). The van der Waals surface area contributed by atoms with Crippen LogP contribution in [-0.4, -0.2) is 11.0 Å². The highest BCUT2D eigenvalue weighted by Gasteiger charge is 2.18. The molecule has 0 aliphatic carbocycles. The normalized spacial score (nSPS) is 18.0. The average molecular weight is 207 g/mol. The summed E-state index contributed by atoms with van der Waals surface area (Å²) in [5, 5.41) is 0.131. The van der Waals surface area contributed by atoms with Crippen molar-refractivity contribution in [2.45, 2.75) is 31.3 Å². The van der Waals surface area contributed by atoms with Gasteiger partial charge < -0.3 is 0 Å². The van der Waals surface area contributed by atoms with Crippen molar-refractivity contribution in [3.05, 3.63) is 0 Å². The van der Waals surface area contributed by atoms with Gasteiger partial charge in [-0.1, -0.05) is 36.3 Å². The van der Waals surface area contributed by atoms with Crippen LogP contribution in [0.4, 0.5) is 0 Å². The zero-order valence-corrected chi connectivity index (χ0v) is 8.61. The molecule has 0 amide bonds. The Morgan fingerprint density at radius 3 is 2.00 bits per heavy atom. The second kappa shape index (κ2) is 5.02. The van der Waals surface area contributed by atoms with Crippen molar-refractivity contribution in [3.8, 4) is 0 Å². The Morgan fingerprint density at radius 1 is 1.44 bits per heavy atom. The average Bonchev–Trinajstić information content (AvgIpc) is 1.84.